The van der Waals surface area contributed by atoms with Gasteiger partial charge in [0.25, 0.3) is 0 Å². The van der Waals surface area contributed by atoms with Gasteiger partial charge in [-0.2, -0.15) is 0 Å². The lowest BCUT2D eigenvalue weighted by molar-refractivity contribution is 0.102. The standard InChI is InChI=1S/C10H15NO2S2/c1-5(2)13-8-7(11)9(6(3)12)15-10(8)14-4/h5H,11H2,1-4H3. The zero-order valence-corrected chi connectivity index (χ0v) is 10.9. The summed E-state index contributed by atoms with van der Waals surface area (Å²) in [5.74, 6) is 0.652. The second-order valence-corrected chi connectivity index (χ2v) is 5.48. The van der Waals surface area contributed by atoms with Crippen LogP contribution in [0.2, 0.25) is 0 Å². The minimum absolute atomic E-state index is 0.00796. The lowest BCUT2D eigenvalue weighted by Gasteiger charge is -2.10. The summed E-state index contributed by atoms with van der Waals surface area (Å²) >= 11 is 2.95. The highest BCUT2D eigenvalue weighted by atomic mass is 32.2. The van der Waals surface area contributed by atoms with E-state index in [1.807, 2.05) is 20.1 Å². The molecule has 0 fully saturated rings. The Morgan fingerprint density at radius 3 is 2.53 bits per heavy atom. The van der Waals surface area contributed by atoms with E-state index in [1.54, 1.807) is 11.8 Å². The van der Waals surface area contributed by atoms with Crippen LogP contribution >= 0.6 is 23.1 Å². The predicted molar refractivity (Wildman–Crippen MR) is 66.3 cm³/mol. The summed E-state index contributed by atoms with van der Waals surface area (Å²) in [6, 6.07) is 0. The Labute approximate surface area is 98.0 Å². The molecule has 0 bridgehead atoms. The number of ether oxygens (including phenoxy) is 1. The summed E-state index contributed by atoms with van der Waals surface area (Å²) in [5.41, 5.74) is 6.36. The van der Waals surface area contributed by atoms with Crippen molar-refractivity contribution in [3.63, 3.8) is 0 Å². The maximum Gasteiger partial charge on any atom is 0.171 e. The summed E-state index contributed by atoms with van der Waals surface area (Å²) in [7, 11) is 0. The molecular weight excluding hydrogens is 230 g/mol. The van der Waals surface area contributed by atoms with Crippen LogP contribution in [0.3, 0.4) is 0 Å². The third kappa shape index (κ3) is 2.66. The van der Waals surface area contributed by atoms with Crippen molar-refractivity contribution in [1.29, 1.82) is 0 Å². The minimum atomic E-state index is -0.00796. The molecule has 0 saturated heterocycles. The van der Waals surface area contributed by atoms with Gasteiger partial charge in [0.15, 0.2) is 11.5 Å². The van der Waals surface area contributed by atoms with Crippen LogP contribution in [-0.4, -0.2) is 18.1 Å². The van der Waals surface area contributed by atoms with Gasteiger partial charge in [0, 0.05) is 6.92 Å². The smallest absolute Gasteiger partial charge is 0.171 e. The number of hydrogen-bond acceptors (Lipinski definition) is 5. The molecule has 0 aromatic carbocycles. The van der Waals surface area contributed by atoms with Crippen molar-refractivity contribution in [2.24, 2.45) is 0 Å². The van der Waals surface area contributed by atoms with E-state index in [2.05, 4.69) is 0 Å². The van der Waals surface area contributed by atoms with Crippen molar-refractivity contribution in [3.05, 3.63) is 4.88 Å². The summed E-state index contributed by atoms with van der Waals surface area (Å²) in [5, 5.41) is 0. The van der Waals surface area contributed by atoms with Crippen molar-refractivity contribution in [2.45, 2.75) is 31.1 Å². The van der Waals surface area contributed by atoms with Crippen molar-refractivity contribution in [1.82, 2.24) is 0 Å². The van der Waals surface area contributed by atoms with Gasteiger partial charge in [-0.1, -0.05) is 0 Å². The fourth-order valence-electron chi connectivity index (χ4n) is 1.15. The predicted octanol–water partition coefficient (Wildman–Crippen LogP) is 3.04. The lowest BCUT2D eigenvalue weighted by Crippen LogP contribution is -2.07. The van der Waals surface area contributed by atoms with Crippen LogP contribution in [-0.2, 0) is 0 Å². The normalized spacial score (nSPS) is 10.7. The zero-order chi connectivity index (χ0) is 11.6. The number of anilines is 1. The van der Waals surface area contributed by atoms with Gasteiger partial charge in [-0.05, 0) is 20.1 Å². The van der Waals surface area contributed by atoms with E-state index in [9.17, 15) is 4.79 Å². The molecule has 5 heteroatoms. The van der Waals surface area contributed by atoms with Gasteiger partial charge in [-0.3, -0.25) is 4.79 Å². The van der Waals surface area contributed by atoms with Crippen LogP contribution in [0.1, 0.15) is 30.4 Å². The molecule has 1 rings (SSSR count). The Balaban J connectivity index is 3.17. The van der Waals surface area contributed by atoms with Crippen LogP contribution in [0, 0.1) is 0 Å². The molecule has 2 N–H and O–H groups in total. The molecule has 0 aliphatic rings. The lowest BCUT2D eigenvalue weighted by atomic mass is 10.3. The monoisotopic (exact) mass is 245 g/mol. The first-order valence-corrected chi connectivity index (χ1v) is 6.65. The molecule has 0 amide bonds. The molecule has 1 aromatic heterocycles. The van der Waals surface area contributed by atoms with Crippen LogP contribution in [0.4, 0.5) is 5.69 Å². The fourth-order valence-corrected chi connectivity index (χ4v) is 2.86. The summed E-state index contributed by atoms with van der Waals surface area (Å²) in [6.07, 6.45) is 2.01. The molecule has 0 radical (unpaired) electrons. The third-order valence-corrected chi connectivity index (χ3v) is 4.12. The topological polar surface area (TPSA) is 52.3 Å². The average molecular weight is 245 g/mol. The Bertz CT molecular complexity index is 372. The number of thioether (sulfide) groups is 1. The molecule has 84 valence electrons. The maximum atomic E-state index is 11.3. The number of carbonyl (C=O) groups excluding carboxylic acids is 1. The first kappa shape index (κ1) is 12.4. The molecule has 0 aliphatic carbocycles. The van der Waals surface area contributed by atoms with Crippen LogP contribution in [0.5, 0.6) is 5.75 Å². The highest BCUT2D eigenvalue weighted by molar-refractivity contribution is 8.00. The number of nitrogen functional groups attached to an aromatic ring is 1. The van der Waals surface area contributed by atoms with Gasteiger partial charge in [-0.25, -0.2) is 0 Å². The Hall–Kier alpha value is -0.680. The van der Waals surface area contributed by atoms with Crippen molar-refractivity contribution < 1.29 is 9.53 Å². The molecule has 0 saturated carbocycles. The van der Waals surface area contributed by atoms with E-state index in [-0.39, 0.29) is 11.9 Å². The van der Waals surface area contributed by atoms with Crippen molar-refractivity contribution >= 4 is 34.6 Å². The molecule has 0 atom stereocenters. The number of hydrogen-bond donors (Lipinski definition) is 1. The maximum absolute atomic E-state index is 11.3. The molecular formula is C10H15NO2S2. The summed E-state index contributed by atoms with van der Waals surface area (Å²) in [4.78, 5) is 11.9. The number of rotatable bonds is 4. The van der Waals surface area contributed by atoms with E-state index < -0.39 is 0 Å². The first-order chi connectivity index (χ1) is 6.97. The number of carbonyl (C=O) groups is 1. The second-order valence-electron chi connectivity index (χ2n) is 3.39. The fraction of sp³-hybridized carbons (Fsp3) is 0.500. The van der Waals surface area contributed by atoms with Gasteiger partial charge < -0.3 is 10.5 Å². The molecule has 0 spiro atoms. The molecule has 15 heavy (non-hydrogen) atoms. The molecule has 1 heterocycles. The van der Waals surface area contributed by atoms with Gasteiger partial charge in [0.1, 0.15) is 4.21 Å². The molecule has 1 aromatic rings. The van der Waals surface area contributed by atoms with Crippen LogP contribution < -0.4 is 10.5 Å². The Morgan fingerprint density at radius 1 is 1.53 bits per heavy atom. The van der Waals surface area contributed by atoms with E-state index >= 15 is 0 Å². The second kappa shape index (κ2) is 4.90. The first-order valence-electron chi connectivity index (χ1n) is 4.61. The number of Topliss-reactive ketones (excluding diaryl/α,β-unsaturated/α-hetero) is 1. The van der Waals surface area contributed by atoms with Gasteiger partial charge in [0.2, 0.25) is 0 Å². The molecule has 0 aliphatic heterocycles. The van der Waals surface area contributed by atoms with E-state index in [1.165, 1.54) is 18.3 Å². The summed E-state index contributed by atoms with van der Waals surface area (Å²) < 4.78 is 6.57. The highest BCUT2D eigenvalue weighted by Gasteiger charge is 2.20. The van der Waals surface area contributed by atoms with E-state index in [4.69, 9.17) is 10.5 Å². The minimum Gasteiger partial charge on any atom is -0.487 e. The van der Waals surface area contributed by atoms with Gasteiger partial charge in [-0.15, -0.1) is 23.1 Å². The quantitative estimate of drug-likeness (QED) is 0.654. The van der Waals surface area contributed by atoms with E-state index in [0.29, 0.717) is 16.3 Å². The van der Waals surface area contributed by atoms with E-state index in [0.717, 1.165) is 4.21 Å². The third-order valence-electron chi connectivity index (χ3n) is 1.73. The SMILES string of the molecule is CSc1sc(C(C)=O)c(N)c1OC(C)C. The van der Waals surface area contributed by atoms with Crippen LogP contribution in [0.25, 0.3) is 0 Å². The van der Waals surface area contributed by atoms with Crippen molar-refractivity contribution in [3.8, 4) is 5.75 Å². The van der Waals surface area contributed by atoms with Crippen molar-refractivity contribution in [2.75, 3.05) is 12.0 Å². The largest absolute Gasteiger partial charge is 0.487 e. The molecule has 0 unspecified atom stereocenters. The zero-order valence-electron chi connectivity index (χ0n) is 9.29. The Morgan fingerprint density at radius 2 is 2.13 bits per heavy atom. The number of thiophene rings is 1. The average Bonchev–Trinajstić information content (AvgIpc) is 2.43. The van der Waals surface area contributed by atoms with Gasteiger partial charge in [0.05, 0.1) is 16.7 Å². The Kier molecular flexibility index (Phi) is 4.04. The number of nitrogens with two attached hydrogens (primary N) is 1. The van der Waals surface area contributed by atoms with Gasteiger partial charge >= 0.3 is 0 Å². The molecule has 3 nitrogen and oxygen atoms in total. The van der Waals surface area contributed by atoms with Crippen LogP contribution in [0.15, 0.2) is 4.21 Å². The summed E-state index contributed by atoms with van der Waals surface area (Å²) in [6.45, 7) is 5.40. The number of ketones is 1. The highest BCUT2D eigenvalue weighted by Crippen LogP contribution is 2.44.